The Bertz CT molecular complexity index is 1250. The number of aliphatic hydroxyl groups is 1. The number of nitrogens with two attached hydrogens (primary N) is 1. The van der Waals surface area contributed by atoms with Gasteiger partial charge in [0, 0.05) is 5.92 Å². The van der Waals surface area contributed by atoms with E-state index < -0.39 is 35.7 Å². The first-order valence-electron chi connectivity index (χ1n) is 12.6. The number of benzene rings is 2. The molecule has 4 rings (SSSR count). The second-order valence-corrected chi connectivity index (χ2v) is 9.96. The molecule has 196 valence electrons. The Labute approximate surface area is 215 Å². The Morgan fingerprint density at radius 2 is 1.84 bits per heavy atom. The fourth-order valence-electron chi connectivity index (χ4n) is 5.26. The fraction of sp³-hybridized carbons (Fsp3) is 0.429. The highest BCUT2D eigenvalue weighted by Crippen LogP contribution is 2.33. The molecule has 0 spiro atoms. The summed E-state index contributed by atoms with van der Waals surface area (Å²) < 4.78 is 19.7. The molecule has 1 saturated heterocycles. The van der Waals surface area contributed by atoms with Crippen molar-refractivity contribution >= 4 is 22.8 Å². The van der Waals surface area contributed by atoms with E-state index in [1.165, 1.54) is 18.3 Å². The van der Waals surface area contributed by atoms with E-state index in [4.69, 9.17) is 10.5 Å². The largest absolute Gasteiger partial charge is 0.391 e. The number of hydrogen-bond donors (Lipinski definition) is 3. The van der Waals surface area contributed by atoms with Crippen LogP contribution in [0.15, 0.2) is 54.7 Å². The van der Waals surface area contributed by atoms with E-state index in [1.807, 2.05) is 19.9 Å². The van der Waals surface area contributed by atoms with Crippen molar-refractivity contribution in [2.45, 2.75) is 63.9 Å². The molecule has 1 aliphatic heterocycles. The standard InChI is InChI=1S/C28H33FN4O4/c1-16-10-19(11-17(2)37-16)21(27(30)35)14-26(34)24(13-18-6-5-7-20(29)12-18)33-28(36)25-15-31-22-8-3-4-9-23(22)32-25/h3-9,12,15-17,19,21,24,26,34H,10-11,13-14H2,1-2H3,(H2,30,35)(H,33,36). The molecule has 8 nitrogen and oxygen atoms in total. The topological polar surface area (TPSA) is 127 Å². The van der Waals surface area contributed by atoms with Gasteiger partial charge in [0.05, 0.1) is 41.6 Å². The van der Waals surface area contributed by atoms with Crippen LogP contribution in [0.3, 0.4) is 0 Å². The molecule has 3 aromatic rings. The van der Waals surface area contributed by atoms with Crippen molar-refractivity contribution in [2.75, 3.05) is 0 Å². The molecule has 0 bridgehead atoms. The number of primary amides is 1. The molecular weight excluding hydrogens is 475 g/mol. The molecule has 0 aliphatic carbocycles. The normalized spacial score (nSPS) is 22.2. The molecule has 2 heterocycles. The molecule has 1 fully saturated rings. The number of nitrogens with one attached hydrogen (secondary N) is 1. The number of rotatable bonds is 9. The third-order valence-corrected chi connectivity index (χ3v) is 6.97. The van der Waals surface area contributed by atoms with Gasteiger partial charge in [-0.05, 0) is 75.3 Å². The minimum Gasteiger partial charge on any atom is -0.391 e. The minimum absolute atomic E-state index is 0.0259. The van der Waals surface area contributed by atoms with Crippen molar-refractivity contribution in [2.24, 2.45) is 17.6 Å². The zero-order valence-electron chi connectivity index (χ0n) is 21.0. The summed E-state index contributed by atoms with van der Waals surface area (Å²) in [5.41, 5.74) is 7.68. The van der Waals surface area contributed by atoms with E-state index >= 15 is 0 Å². The summed E-state index contributed by atoms with van der Waals surface area (Å²) in [6.07, 6.45) is 1.72. The number of ether oxygens (including phenoxy) is 1. The molecular formula is C28H33FN4O4. The number of aromatic nitrogens is 2. The lowest BCUT2D eigenvalue weighted by Gasteiger charge is -2.37. The van der Waals surface area contributed by atoms with Crippen LogP contribution in [0.5, 0.6) is 0 Å². The van der Waals surface area contributed by atoms with Crippen LogP contribution >= 0.6 is 0 Å². The molecule has 2 amide bonds. The van der Waals surface area contributed by atoms with Crippen LogP contribution in [-0.2, 0) is 16.0 Å². The second kappa shape index (κ2) is 11.7. The molecule has 1 aromatic heterocycles. The first-order valence-corrected chi connectivity index (χ1v) is 12.6. The van der Waals surface area contributed by atoms with Crippen LogP contribution in [0.1, 0.15) is 49.2 Å². The van der Waals surface area contributed by atoms with Gasteiger partial charge in [-0.1, -0.05) is 24.3 Å². The minimum atomic E-state index is -1.12. The van der Waals surface area contributed by atoms with Crippen LogP contribution in [0.25, 0.3) is 11.0 Å². The number of nitrogens with zero attached hydrogens (tertiary/aromatic N) is 2. The molecule has 9 heteroatoms. The molecule has 5 unspecified atom stereocenters. The number of aliphatic hydroxyl groups excluding tert-OH is 1. The number of hydrogen-bond acceptors (Lipinski definition) is 6. The lowest BCUT2D eigenvalue weighted by atomic mass is 9.77. The molecule has 2 aromatic carbocycles. The Morgan fingerprint density at radius 1 is 1.14 bits per heavy atom. The van der Waals surface area contributed by atoms with Gasteiger partial charge in [0.1, 0.15) is 11.5 Å². The molecule has 1 aliphatic rings. The summed E-state index contributed by atoms with van der Waals surface area (Å²) in [4.78, 5) is 34.3. The fourth-order valence-corrected chi connectivity index (χ4v) is 5.26. The summed E-state index contributed by atoms with van der Waals surface area (Å²) in [6, 6.07) is 12.3. The van der Waals surface area contributed by atoms with Crippen LogP contribution in [-0.4, -0.2) is 51.2 Å². The van der Waals surface area contributed by atoms with E-state index in [1.54, 1.807) is 30.3 Å². The highest BCUT2D eigenvalue weighted by molar-refractivity contribution is 5.94. The van der Waals surface area contributed by atoms with Crippen molar-refractivity contribution in [1.82, 2.24) is 15.3 Å². The predicted molar refractivity (Wildman–Crippen MR) is 137 cm³/mol. The van der Waals surface area contributed by atoms with Gasteiger partial charge in [-0.15, -0.1) is 0 Å². The molecule has 0 saturated carbocycles. The smallest absolute Gasteiger partial charge is 0.271 e. The average Bonchev–Trinajstić information content (AvgIpc) is 2.85. The molecule has 5 atom stereocenters. The van der Waals surface area contributed by atoms with Crippen molar-refractivity contribution in [3.8, 4) is 0 Å². The zero-order chi connectivity index (χ0) is 26.5. The van der Waals surface area contributed by atoms with Crippen molar-refractivity contribution in [1.29, 1.82) is 0 Å². The number of carbonyl (C=O) groups is 2. The maximum atomic E-state index is 13.9. The van der Waals surface area contributed by atoms with Gasteiger partial charge in [-0.3, -0.25) is 14.6 Å². The number of para-hydroxylation sites is 2. The van der Waals surface area contributed by atoms with E-state index in [2.05, 4.69) is 15.3 Å². The third kappa shape index (κ3) is 6.87. The number of halogens is 1. The number of carbonyl (C=O) groups excluding carboxylic acids is 2. The van der Waals surface area contributed by atoms with E-state index in [-0.39, 0.29) is 36.7 Å². The highest BCUT2D eigenvalue weighted by Gasteiger charge is 2.36. The first-order chi connectivity index (χ1) is 17.7. The Morgan fingerprint density at radius 3 is 2.51 bits per heavy atom. The van der Waals surface area contributed by atoms with E-state index in [9.17, 15) is 19.1 Å². The lowest BCUT2D eigenvalue weighted by molar-refractivity contribution is -0.129. The van der Waals surface area contributed by atoms with Crippen molar-refractivity contribution in [3.05, 3.63) is 71.8 Å². The second-order valence-electron chi connectivity index (χ2n) is 9.96. The van der Waals surface area contributed by atoms with Crippen LogP contribution in [0.2, 0.25) is 0 Å². The average molecular weight is 509 g/mol. The Kier molecular flexibility index (Phi) is 8.45. The molecule has 4 N–H and O–H groups in total. The SMILES string of the molecule is CC1CC(C(CC(O)C(Cc2cccc(F)c2)NC(=O)c2cnc3ccccc3n2)C(N)=O)CC(C)O1. The summed E-state index contributed by atoms with van der Waals surface area (Å²) in [5, 5.41) is 14.1. The van der Waals surface area contributed by atoms with E-state index in [0.29, 0.717) is 29.4 Å². The monoisotopic (exact) mass is 508 g/mol. The maximum Gasteiger partial charge on any atom is 0.271 e. The molecule has 37 heavy (non-hydrogen) atoms. The van der Waals surface area contributed by atoms with Gasteiger partial charge in [0.2, 0.25) is 5.91 Å². The maximum absolute atomic E-state index is 13.9. The summed E-state index contributed by atoms with van der Waals surface area (Å²) in [7, 11) is 0. The summed E-state index contributed by atoms with van der Waals surface area (Å²) >= 11 is 0. The van der Waals surface area contributed by atoms with Crippen LogP contribution in [0, 0.1) is 17.7 Å². The zero-order valence-corrected chi connectivity index (χ0v) is 21.0. The Balaban J connectivity index is 1.56. The summed E-state index contributed by atoms with van der Waals surface area (Å²) in [6.45, 7) is 3.91. The number of amides is 2. The predicted octanol–water partition coefficient (Wildman–Crippen LogP) is 3.17. The van der Waals surface area contributed by atoms with Gasteiger partial charge < -0.3 is 20.9 Å². The Hall–Kier alpha value is -3.43. The number of fused-ring (bicyclic) bond motifs is 1. The first kappa shape index (κ1) is 26.6. The molecule has 0 radical (unpaired) electrons. The highest BCUT2D eigenvalue weighted by atomic mass is 19.1. The van der Waals surface area contributed by atoms with Crippen molar-refractivity contribution in [3.63, 3.8) is 0 Å². The van der Waals surface area contributed by atoms with Crippen LogP contribution in [0.4, 0.5) is 4.39 Å². The van der Waals surface area contributed by atoms with Gasteiger partial charge in [0.25, 0.3) is 5.91 Å². The van der Waals surface area contributed by atoms with Crippen molar-refractivity contribution < 1.29 is 23.8 Å². The summed E-state index contributed by atoms with van der Waals surface area (Å²) in [5.74, 6) is -2.10. The van der Waals surface area contributed by atoms with Gasteiger partial charge >= 0.3 is 0 Å². The third-order valence-electron chi connectivity index (χ3n) is 6.97. The van der Waals surface area contributed by atoms with Gasteiger partial charge in [-0.2, -0.15) is 0 Å². The van der Waals surface area contributed by atoms with Gasteiger partial charge in [0.15, 0.2) is 0 Å². The lowest BCUT2D eigenvalue weighted by Crippen LogP contribution is -2.48. The van der Waals surface area contributed by atoms with Crippen LogP contribution < -0.4 is 11.1 Å². The van der Waals surface area contributed by atoms with Gasteiger partial charge in [-0.25, -0.2) is 9.37 Å². The van der Waals surface area contributed by atoms with E-state index in [0.717, 1.165) is 0 Å². The quantitative estimate of drug-likeness (QED) is 0.407.